The fourth-order valence-electron chi connectivity index (χ4n) is 3.82. The second kappa shape index (κ2) is 3.97. The van der Waals surface area contributed by atoms with Gasteiger partial charge in [-0.1, -0.05) is 18.0 Å². The van der Waals surface area contributed by atoms with Crippen molar-refractivity contribution in [3.63, 3.8) is 0 Å². The molecule has 2 fully saturated rings. The van der Waals surface area contributed by atoms with Gasteiger partial charge in [0.25, 0.3) is 5.91 Å². The van der Waals surface area contributed by atoms with Crippen LogP contribution in [0.5, 0.6) is 0 Å². The molecule has 0 N–H and O–H groups in total. The highest BCUT2D eigenvalue weighted by atomic mass is 16.7. The van der Waals surface area contributed by atoms with E-state index in [1.165, 1.54) is 32.1 Å². The summed E-state index contributed by atoms with van der Waals surface area (Å²) in [6.45, 7) is 5.62. The van der Waals surface area contributed by atoms with E-state index in [1.807, 2.05) is 18.7 Å². The van der Waals surface area contributed by atoms with Crippen molar-refractivity contribution in [3.05, 3.63) is 0 Å². The molecule has 3 aliphatic rings. The van der Waals surface area contributed by atoms with Gasteiger partial charge in [-0.25, -0.2) is 0 Å². The topological polar surface area (TPSA) is 41.9 Å². The molecule has 100 valence electrons. The summed E-state index contributed by atoms with van der Waals surface area (Å²) in [5.41, 5.74) is 0.606. The molecule has 0 bridgehead atoms. The smallest absolute Gasteiger partial charge is 0.269 e. The second-order valence-electron chi connectivity index (χ2n) is 6.51. The molecule has 0 aromatic heterocycles. The van der Waals surface area contributed by atoms with Gasteiger partial charge in [0.1, 0.15) is 0 Å². The quantitative estimate of drug-likeness (QED) is 0.716. The van der Waals surface area contributed by atoms with Gasteiger partial charge in [-0.15, -0.1) is 0 Å². The van der Waals surface area contributed by atoms with E-state index in [2.05, 4.69) is 5.16 Å². The minimum Gasteiger partial charge on any atom is -0.379 e. The van der Waals surface area contributed by atoms with Crippen molar-refractivity contribution in [2.75, 3.05) is 13.1 Å². The average molecular weight is 250 g/mol. The molecule has 4 heteroatoms. The predicted molar refractivity (Wildman–Crippen MR) is 69.3 cm³/mol. The zero-order valence-electron chi connectivity index (χ0n) is 11.4. The zero-order valence-corrected chi connectivity index (χ0v) is 11.4. The maximum atomic E-state index is 12.6. The van der Waals surface area contributed by atoms with Crippen LogP contribution in [-0.4, -0.2) is 35.2 Å². The van der Waals surface area contributed by atoms with Gasteiger partial charge in [-0.05, 0) is 38.5 Å². The number of hydrogen-bond donors (Lipinski definition) is 0. The Labute approximate surface area is 108 Å². The lowest BCUT2D eigenvalue weighted by Crippen LogP contribution is -2.46. The Morgan fingerprint density at radius 3 is 2.67 bits per heavy atom. The molecule has 1 saturated carbocycles. The molecule has 18 heavy (non-hydrogen) atoms. The standard InChI is InChI=1S/C14H22N2O2/c1-11-9-13(2,18-15-11)12(17)16-8-7-14(10-16)5-3-4-6-14/h3-10H2,1-2H3/t13-/m1/s1. The van der Waals surface area contributed by atoms with Gasteiger partial charge < -0.3 is 9.74 Å². The predicted octanol–water partition coefficient (Wildman–Crippen LogP) is 2.33. The number of amides is 1. The van der Waals surface area contributed by atoms with E-state index in [0.717, 1.165) is 18.8 Å². The summed E-state index contributed by atoms with van der Waals surface area (Å²) in [5.74, 6) is 0.131. The molecule has 1 saturated heterocycles. The lowest BCUT2D eigenvalue weighted by atomic mass is 9.85. The molecule has 1 aliphatic carbocycles. The molecule has 1 spiro atoms. The number of hydrogen-bond acceptors (Lipinski definition) is 3. The third-order valence-electron chi connectivity index (χ3n) is 4.84. The van der Waals surface area contributed by atoms with Crippen LogP contribution in [-0.2, 0) is 9.63 Å². The van der Waals surface area contributed by atoms with Crippen LogP contribution < -0.4 is 0 Å². The SMILES string of the molecule is CC1=NO[C@@](C)(C(=O)N2CCC3(CCCC3)C2)C1. The van der Waals surface area contributed by atoms with E-state index < -0.39 is 5.60 Å². The number of likely N-dealkylation sites (tertiary alicyclic amines) is 1. The monoisotopic (exact) mass is 250 g/mol. The molecule has 2 heterocycles. The molecule has 0 radical (unpaired) electrons. The van der Waals surface area contributed by atoms with Crippen LogP contribution in [0.25, 0.3) is 0 Å². The van der Waals surface area contributed by atoms with E-state index in [4.69, 9.17) is 4.84 Å². The summed E-state index contributed by atoms with van der Waals surface area (Å²) < 4.78 is 0. The number of carbonyl (C=O) groups is 1. The van der Waals surface area contributed by atoms with E-state index >= 15 is 0 Å². The molecule has 1 atom stereocenters. The highest BCUT2D eigenvalue weighted by molar-refractivity contribution is 5.94. The van der Waals surface area contributed by atoms with Gasteiger partial charge in [-0.2, -0.15) is 0 Å². The zero-order chi connectivity index (χ0) is 12.8. The van der Waals surface area contributed by atoms with Crippen molar-refractivity contribution >= 4 is 11.6 Å². The van der Waals surface area contributed by atoms with Crippen molar-refractivity contribution < 1.29 is 9.63 Å². The summed E-state index contributed by atoms with van der Waals surface area (Å²) in [7, 11) is 0. The molecule has 1 amide bonds. The van der Waals surface area contributed by atoms with Crippen molar-refractivity contribution in [2.24, 2.45) is 10.6 Å². The Bertz CT molecular complexity index is 399. The third kappa shape index (κ3) is 1.82. The molecular weight excluding hydrogens is 228 g/mol. The Hall–Kier alpha value is -1.06. The molecule has 0 aromatic carbocycles. The molecule has 4 nitrogen and oxygen atoms in total. The Kier molecular flexibility index (Phi) is 2.65. The Morgan fingerprint density at radius 2 is 2.06 bits per heavy atom. The number of carbonyl (C=O) groups excluding carboxylic acids is 1. The van der Waals surface area contributed by atoms with Crippen LogP contribution >= 0.6 is 0 Å². The average Bonchev–Trinajstić information content (AvgIpc) is 3.03. The van der Waals surface area contributed by atoms with E-state index in [-0.39, 0.29) is 5.91 Å². The van der Waals surface area contributed by atoms with Crippen LogP contribution in [0.3, 0.4) is 0 Å². The Balaban J connectivity index is 1.68. The first-order chi connectivity index (χ1) is 8.53. The maximum Gasteiger partial charge on any atom is 0.269 e. The fourth-order valence-corrected chi connectivity index (χ4v) is 3.82. The highest BCUT2D eigenvalue weighted by Crippen LogP contribution is 2.46. The van der Waals surface area contributed by atoms with Crippen LogP contribution in [0.2, 0.25) is 0 Å². The lowest BCUT2D eigenvalue weighted by molar-refractivity contribution is -0.152. The summed E-state index contributed by atoms with van der Waals surface area (Å²) in [6, 6.07) is 0. The lowest BCUT2D eigenvalue weighted by Gasteiger charge is -2.28. The largest absolute Gasteiger partial charge is 0.379 e. The van der Waals surface area contributed by atoms with E-state index in [9.17, 15) is 4.79 Å². The third-order valence-corrected chi connectivity index (χ3v) is 4.84. The van der Waals surface area contributed by atoms with Gasteiger partial charge >= 0.3 is 0 Å². The first-order valence-electron chi connectivity index (χ1n) is 7.04. The van der Waals surface area contributed by atoms with E-state index in [0.29, 0.717) is 11.8 Å². The first-order valence-corrected chi connectivity index (χ1v) is 7.04. The molecular formula is C14H22N2O2. The first kappa shape index (κ1) is 12.0. The summed E-state index contributed by atoms with van der Waals surface area (Å²) in [5, 5.41) is 3.94. The molecule has 2 aliphatic heterocycles. The van der Waals surface area contributed by atoms with Crippen LogP contribution in [0.1, 0.15) is 52.4 Å². The second-order valence-corrected chi connectivity index (χ2v) is 6.51. The van der Waals surface area contributed by atoms with Gasteiger partial charge in [0.15, 0.2) is 0 Å². The van der Waals surface area contributed by atoms with Crippen molar-refractivity contribution in [1.29, 1.82) is 0 Å². The number of oxime groups is 1. The summed E-state index contributed by atoms with van der Waals surface area (Å²) in [4.78, 5) is 20.0. The van der Waals surface area contributed by atoms with Gasteiger partial charge in [0, 0.05) is 19.5 Å². The van der Waals surface area contributed by atoms with Crippen LogP contribution in [0, 0.1) is 5.41 Å². The Morgan fingerprint density at radius 1 is 1.33 bits per heavy atom. The number of nitrogens with zero attached hydrogens (tertiary/aromatic N) is 2. The van der Waals surface area contributed by atoms with Gasteiger partial charge in [-0.3, -0.25) is 4.79 Å². The molecule has 3 rings (SSSR count). The molecule has 0 unspecified atom stereocenters. The van der Waals surface area contributed by atoms with Crippen molar-refractivity contribution in [2.45, 2.75) is 58.0 Å². The summed E-state index contributed by atoms with van der Waals surface area (Å²) >= 11 is 0. The minimum absolute atomic E-state index is 0.131. The maximum absolute atomic E-state index is 12.6. The summed E-state index contributed by atoms with van der Waals surface area (Å²) in [6.07, 6.45) is 7.06. The minimum atomic E-state index is -0.742. The van der Waals surface area contributed by atoms with Crippen molar-refractivity contribution in [3.8, 4) is 0 Å². The number of rotatable bonds is 1. The normalized spacial score (nSPS) is 33.9. The van der Waals surface area contributed by atoms with Crippen LogP contribution in [0.4, 0.5) is 0 Å². The fraction of sp³-hybridized carbons (Fsp3) is 0.857. The molecule has 0 aromatic rings. The van der Waals surface area contributed by atoms with Gasteiger partial charge in [0.2, 0.25) is 5.60 Å². The van der Waals surface area contributed by atoms with Crippen molar-refractivity contribution in [1.82, 2.24) is 4.90 Å². The van der Waals surface area contributed by atoms with E-state index in [1.54, 1.807) is 0 Å². The highest BCUT2D eigenvalue weighted by Gasteiger charge is 2.48. The van der Waals surface area contributed by atoms with Gasteiger partial charge in [0.05, 0.1) is 5.71 Å². The van der Waals surface area contributed by atoms with Crippen LogP contribution in [0.15, 0.2) is 5.16 Å².